The average molecular weight is 448 g/mol. The molecule has 5 nitrogen and oxygen atoms in total. The third-order valence-electron chi connectivity index (χ3n) is 4.64. The SMILES string of the molecule is O=C(Cn1c(CNC(=O)c2ccc(Br)cc2)nc2ccccc21)c1ccccc1. The lowest BCUT2D eigenvalue weighted by Crippen LogP contribution is -2.25. The monoisotopic (exact) mass is 447 g/mol. The second-order valence-corrected chi connectivity index (χ2v) is 7.50. The van der Waals surface area contributed by atoms with Crippen molar-refractivity contribution in [2.75, 3.05) is 0 Å². The van der Waals surface area contributed by atoms with Gasteiger partial charge in [0.1, 0.15) is 5.82 Å². The Morgan fingerprint density at radius 2 is 1.55 bits per heavy atom. The summed E-state index contributed by atoms with van der Waals surface area (Å²) in [5.74, 6) is 0.445. The molecule has 0 atom stereocenters. The second-order valence-electron chi connectivity index (χ2n) is 6.58. The highest BCUT2D eigenvalue weighted by Crippen LogP contribution is 2.17. The summed E-state index contributed by atoms with van der Waals surface area (Å²) in [6, 6.07) is 24.0. The van der Waals surface area contributed by atoms with Crippen molar-refractivity contribution in [3.63, 3.8) is 0 Å². The molecular weight excluding hydrogens is 430 g/mol. The molecular formula is C23H18BrN3O2. The van der Waals surface area contributed by atoms with Gasteiger partial charge in [0.25, 0.3) is 5.91 Å². The molecule has 1 aromatic heterocycles. The smallest absolute Gasteiger partial charge is 0.251 e. The van der Waals surface area contributed by atoms with Gasteiger partial charge in [-0.3, -0.25) is 9.59 Å². The molecule has 1 N–H and O–H groups in total. The van der Waals surface area contributed by atoms with Crippen LogP contribution < -0.4 is 5.32 Å². The van der Waals surface area contributed by atoms with Gasteiger partial charge in [0.2, 0.25) is 0 Å². The number of hydrogen-bond acceptors (Lipinski definition) is 3. The van der Waals surface area contributed by atoms with Gasteiger partial charge in [0, 0.05) is 15.6 Å². The maximum absolute atomic E-state index is 12.8. The minimum Gasteiger partial charge on any atom is -0.345 e. The zero-order valence-corrected chi connectivity index (χ0v) is 17.1. The zero-order valence-electron chi connectivity index (χ0n) is 15.5. The number of amides is 1. The van der Waals surface area contributed by atoms with E-state index >= 15 is 0 Å². The summed E-state index contributed by atoms with van der Waals surface area (Å²) in [5, 5.41) is 2.90. The van der Waals surface area contributed by atoms with E-state index in [4.69, 9.17) is 0 Å². The Hall–Kier alpha value is -3.25. The number of Topliss-reactive ketones (excluding diaryl/α,β-unsaturated/α-hetero) is 1. The van der Waals surface area contributed by atoms with Crippen molar-refractivity contribution in [1.82, 2.24) is 14.9 Å². The quantitative estimate of drug-likeness (QED) is 0.438. The molecule has 1 amide bonds. The lowest BCUT2D eigenvalue weighted by atomic mass is 10.1. The van der Waals surface area contributed by atoms with Crippen molar-refractivity contribution in [3.8, 4) is 0 Å². The number of nitrogens with one attached hydrogen (secondary N) is 1. The minimum atomic E-state index is -0.189. The van der Waals surface area contributed by atoms with E-state index in [0.717, 1.165) is 15.5 Å². The number of ketones is 1. The number of nitrogens with zero attached hydrogens (tertiary/aromatic N) is 2. The van der Waals surface area contributed by atoms with Crippen LogP contribution in [0, 0.1) is 0 Å². The second kappa shape index (κ2) is 8.41. The number of halogens is 1. The summed E-state index contributed by atoms with van der Waals surface area (Å²) in [6.45, 7) is 0.389. The highest BCUT2D eigenvalue weighted by atomic mass is 79.9. The van der Waals surface area contributed by atoms with Crippen LogP contribution in [0.4, 0.5) is 0 Å². The average Bonchev–Trinajstić information content (AvgIpc) is 3.10. The lowest BCUT2D eigenvalue weighted by Gasteiger charge is -2.10. The maximum Gasteiger partial charge on any atom is 0.251 e. The van der Waals surface area contributed by atoms with E-state index in [-0.39, 0.29) is 24.8 Å². The van der Waals surface area contributed by atoms with E-state index in [1.807, 2.05) is 59.2 Å². The first-order chi connectivity index (χ1) is 14.1. The number of carbonyl (C=O) groups excluding carboxylic acids is 2. The van der Waals surface area contributed by atoms with Gasteiger partial charge in [-0.15, -0.1) is 0 Å². The van der Waals surface area contributed by atoms with Crippen LogP contribution in [0.15, 0.2) is 83.3 Å². The number of imidazole rings is 1. The molecule has 0 aliphatic carbocycles. The van der Waals surface area contributed by atoms with E-state index in [9.17, 15) is 9.59 Å². The number of fused-ring (bicyclic) bond motifs is 1. The standard InChI is InChI=1S/C23H18BrN3O2/c24-18-12-10-17(11-13-18)23(29)25-14-22-26-19-8-4-5-9-20(19)27(22)15-21(28)16-6-2-1-3-7-16/h1-13H,14-15H2,(H,25,29). The Kier molecular flexibility index (Phi) is 5.53. The van der Waals surface area contributed by atoms with E-state index in [1.165, 1.54) is 0 Å². The largest absolute Gasteiger partial charge is 0.345 e. The van der Waals surface area contributed by atoms with Crippen LogP contribution in [0.2, 0.25) is 0 Å². The molecule has 144 valence electrons. The fraction of sp³-hybridized carbons (Fsp3) is 0.0870. The summed E-state index contributed by atoms with van der Waals surface area (Å²) in [7, 11) is 0. The molecule has 29 heavy (non-hydrogen) atoms. The maximum atomic E-state index is 12.8. The van der Waals surface area contributed by atoms with Crippen molar-refractivity contribution in [2.24, 2.45) is 0 Å². The van der Waals surface area contributed by atoms with Crippen LogP contribution in [0.25, 0.3) is 11.0 Å². The Morgan fingerprint density at radius 3 is 2.31 bits per heavy atom. The van der Waals surface area contributed by atoms with Crippen molar-refractivity contribution in [3.05, 3.63) is 100 Å². The molecule has 0 fully saturated rings. The molecule has 4 rings (SSSR count). The van der Waals surface area contributed by atoms with Gasteiger partial charge >= 0.3 is 0 Å². The van der Waals surface area contributed by atoms with Gasteiger partial charge in [-0.25, -0.2) is 4.98 Å². The van der Waals surface area contributed by atoms with Crippen molar-refractivity contribution in [2.45, 2.75) is 13.1 Å². The fourth-order valence-electron chi connectivity index (χ4n) is 3.16. The third-order valence-corrected chi connectivity index (χ3v) is 5.17. The molecule has 0 aliphatic rings. The highest BCUT2D eigenvalue weighted by Gasteiger charge is 2.15. The van der Waals surface area contributed by atoms with Crippen LogP contribution in [0.1, 0.15) is 26.5 Å². The van der Waals surface area contributed by atoms with Crippen molar-refractivity contribution >= 4 is 38.7 Å². The topological polar surface area (TPSA) is 64.0 Å². The van der Waals surface area contributed by atoms with Crippen molar-refractivity contribution < 1.29 is 9.59 Å². The van der Waals surface area contributed by atoms with Gasteiger partial charge < -0.3 is 9.88 Å². The molecule has 0 saturated heterocycles. The number of rotatable bonds is 6. The predicted molar refractivity (Wildman–Crippen MR) is 116 cm³/mol. The van der Waals surface area contributed by atoms with Gasteiger partial charge in [-0.2, -0.15) is 0 Å². The van der Waals surface area contributed by atoms with Gasteiger partial charge in [-0.1, -0.05) is 58.4 Å². The molecule has 0 aliphatic heterocycles. The third kappa shape index (κ3) is 4.27. The summed E-state index contributed by atoms with van der Waals surface area (Å²) in [6.07, 6.45) is 0. The molecule has 6 heteroatoms. The van der Waals surface area contributed by atoms with Gasteiger partial charge in [-0.05, 0) is 36.4 Å². The van der Waals surface area contributed by atoms with Crippen LogP contribution in [0.5, 0.6) is 0 Å². The Labute approximate surface area is 176 Å². The molecule has 4 aromatic rings. The lowest BCUT2D eigenvalue weighted by molar-refractivity contribution is 0.0949. The zero-order chi connectivity index (χ0) is 20.2. The molecule has 1 heterocycles. The Balaban J connectivity index is 1.58. The highest BCUT2D eigenvalue weighted by molar-refractivity contribution is 9.10. The predicted octanol–water partition coefficient (Wildman–Crippen LogP) is 4.61. The number of benzene rings is 3. The van der Waals surface area contributed by atoms with E-state index < -0.39 is 0 Å². The van der Waals surface area contributed by atoms with Crippen LogP contribution >= 0.6 is 15.9 Å². The number of hydrogen-bond donors (Lipinski definition) is 1. The summed E-state index contributed by atoms with van der Waals surface area (Å²) >= 11 is 3.36. The Morgan fingerprint density at radius 1 is 0.862 bits per heavy atom. The summed E-state index contributed by atoms with van der Waals surface area (Å²) in [4.78, 5) is 29.9. The summed E-state index contributed by atoms with van der Waals surface area (Å²) < 4.78 is 2.78. The van der Waals surface area contributed by atoms with E-state index in [0.29, 0.717) is 17.0 Å². The molecule has 0 unspecified atom stereocenters. The Bertz CT molecular complexity index is 1170. The fourth-order valence-corrected chi connectivity index (χ4v) is 3.42. The number of aromatic nitrogens is 2. The molecule has 0 saturated carbocycles. The molecule has 0 bridgehead atoms. The van der Waals surface area contributed by atoms with E-state index in [1.54, 1.807) is 24.3 Å². The molecule has 0 radical (unpaired) electrons. The summed E-state index contributed by atoms with van der Waals surface area (Å²) in [5.41, 5.74) is 2.87. The van der Waals surface area contributed by atoms with Crippen LogP contribution in [0.3, 0.4) is 0 Å². The molecule has 3 aromatic carbocycles. The van der Waals surface area contributed by atoms with Crippen molar-refractivity contribution in [1.29, 1.82) is 0 Å². The first kappa shape index (κ1) is 19.1. The first-order valence-corrected chi connectivity index (χ1v) is 9.97. The van der Waals surface area contributed by atoms with Gasteiger partial charge in [0.15, 0.2) is 5.78 Å². The number of carbonyl (C=O) groups is 2. The normalized spacial score (nSPS) is 10.8. The molecule has 0 spiro atoms. The van der Waals surface area contributed by atoms with E-state index in [2.05, 4.69) is 26.2 Å². The first-order valence-electron chi connectivity index (χ1n) is 9.18. The number of para-hydroxylation sites is 2. The van der Waals surface area contributed by atoms with Crippen LogP contribution in [-0.2, 0) is 13.1 Å². The van der Waals surface area contributed by atoms with Crippen LogP contribution in [-0.4, -0.2) is 21.2 Å². The van der Waals surface area contributed by atoms with Gasteiger partial charge in [0.05, 0.1) is 24.1 Å². The minimum absolute atomic E-state index is 0.00533.